The largest absolute Gasteiger partial charge is 0.348 e. The molecule has 1 amide bonds. The lowest BCUT2D eigenvalue weighted by Gasteiger charge is -2.40. The molecule has 4 rings (SSSR count). The number of hydrogen-bond donors (Lipinski definition) is 1. The van der Waals surface area contributed by atoms with Crippen LogP contribution in [0.3, 0.4) is 0 Å². The number of aryl methyl sites for hydroxylation is 1. The Bertz CT molecular complexity index is 899. The van der Waals surface area contributed by atoms with Crippen molar-refractivity contribution < 1.29 is 13.7 Å². The molecule has 1 aromatic carbocycles. The second-order valence-electron chi connectivity index (χ2n) is 8.56. The molecule has 1 saturated heterocycles. The average molecular weight is 453 g/mol. The lowest BCUT2D eigenvalue weighted by Crippen LogP contribution is -2.52. The second-order valence-corrected chi connectivity index (χ2v) is 10.0. The van der Waals surface area contributed by atoms with Crippen molar-refractivity contribution >= 4 is 29.5 Å². The molecule has 2 heterocycles. The zero-order valence-electron chi connectivity index (χ0n) is 17.2. The third kappa shape index (κ3) is 4.36. The van der Waals surface area contributed by atoms with Crippen molar-refractivity contribution in [2.75, 3.05) is 13.1 Å². The van der Waals surface area contributed by atoms with E-state index in [0.717, 1.165) is 31.2 Å². The van der Waals surface area contributed by atoms with Crippen molar-refractivity contribution in [1.82, 2.24) is 19.8 Å². The maximum Gasteiger partial charge on any atom is 0.226 e. The van der Waals surface area contributed by atoms with Gasteiger partial charge in [-0.3, -0.25) is 4.79 Å². The standard InChI is InChI=1S/C21H26ClFN4O2S/c1-13-5-6-15(23)17(18(13)22)19(21(2)7-3-4-8-21)25-20(28)14-9-27(10-14)30-11-16-24-12-29-26-16/h5-6,12,14,19H,3-4,7-11H2,1-2H3,(H,25,28). The third-order valence-corrected chi connectivity index (χ3v) is 7.89. The first-order valence-electron chi connectivity index (χ1n) is 10.3. The van der Waals surface area contributed by atoms with Gasteiger partial charge in [0.05, 0.1) is 22.7 Å². The molecule has 1 aliphatic carbocycles. The smallest absolute Gasteiger partial charge is 0.226 e. The van der Waals surface area contributed by atoms with E-state index in [-0.39, 0.29) is 23.1 Å². The van der Waals surface area contributed by atoms with Crippen LogP contribution in [-0.2, 0) is 10.5 Å². The van der Waals surface area contributed by atoms with Gasteiger partial charge in [0, 0.05) is 18.7 Å². The minimum absolute atomic E-state index is 0.0403. The third-order valence-electron chi connectivity index (χ3n) is 6.34. The number of rotatable bonds is 7. The molecule has 2 fully saturated rings. The van der Waals surface area contributed by atoms with Gasteiger partial charge in [0.1, 0.15) is 5.82 Å². The number of halogens is 2. The summed E-state index contributed by atoms with van der Waals surface area (Å²) in [6.07, 6.45) is 5.36. The molecule has 1 saturated carbocycles. The number of carbonyl (C=O) groups is 1. The molecule has 1 atom stereocenters. The summed E-state index contributed by atoms with van der Waals surface area (Å²) in [5.74, 6) is 0.723. The molecule has 1 aliphatic heterocycles. The highest BCUT2D eigenvalue weighted by molar-refractivity contribution is 7.96. The fraction of sp³-hybridized carbons (Fsp3) is 0.571. The summed E-state index contributed by atoms with van der Waals surface area (Å²) < 4.78 is 21.7. The first-order chi connectivity index (χ1) is 14.4. The van der Waals surface area contributed by atoms with E-state index in [2.05, 4.69) is 26.7 Å². The number of nitrogens with zero attached hydrogens (tertiary/aromatic N) is 3. The minimum atomic E-state index is -0.430. The Morgan fingerprint density at radius 1 is 1.43 bits per heavy atom. The molecule has 2 aliphatic rings. The van der Waals surface area contributed by atoms with Gasteiger partial charge in [0.25, 0.3) is 0 Å². The van der Waals surface area contributed by atoms with Gasteiger partial charge in [-0.15, -0.1) is 0 Å². The fourth-order valence-corrected chi connectivity index (χ4v) is 5.64. The van der Waals surface area contributed by atoms with Crippen molar-refractivity contribution in [3.05, 3.63) is 46.3 Å². The van der Waals surface area contributed by atoms with Crippen molar-refractivity contribution in [3.63, 3.8) is 0 Å². The molecule has 0 radical (unpaired) electrons. The van der Waals surface area contributed by atoms with Crippen LogP contribution in [-0.4, -0.2) is 33.4 Å². The number of aromatic nitrogens is 2. The summed E-state index contributed by atoms with van der Waals surface area (Å²) in [5, 5.41) is 7.38. The number of nitrogens with one attached hydrogen (secondary N) is 1. The van der Waals surface area contributed by atoms with Crippen LogP contribution in [0.4, 0.5) is 4.39 Å². The van der Waals surface area contributed by atoms with Gasteiger partial charge < -0.3 is 9.84 Å². The Labute approximate surface area is 185 Å². The minimum Gasteiger partial charge on any atom is -0.348 e. The number of amides is 1. The van der Waals surface area contributed by atoms with Gasteiger partial charge in [-0.2, -0.15) is 4.98 Å². The zero-order valence-corrected chi connectivity index (χ0v) is 18.7. The first kappa shape index (κ1) is 21.6. The van der Waals surface area contributed by atoms with Crippen molar-refractivity contribution in [3.8, 4) is 0 Å². The highest BCUT2D eigenvalue weighted by atomic mass is 35.5. The predicted octanol–water partition coefficient (Wildman–Crippen LogP) is 4.69. The van der Waals surface area contributed by atoms with Crippen LogP contribution in [0.2, 0.25) is 5.02 Å². The van der Waals surface area contributed by atoms with Crippen molar-refractivity contribution in [2.24, 2.45) is 11.3 Å². The van der Waals surface area contributed by atoms with Gasteiger partial charge in [-0.05, 0) is 36.8 Å². The molecule has 1 N–H and O–H groups in total. The topological polar surface area (TPSA) is 71.3 Å². The summed E-state index contributed by atoms with van der Waals surface area (Å²) in [5.41, 5.74) is 1.05. The van der Waals surface area contributed by atoms with E-state index in [9.17, 15) is 9.18 Å². The van der Waals surface area contributed by atoms with E-state index in [4.69, 9.17) is 16.1 Å². The molecule has 30 heavy (non-hydrogen) atoms. The molecule has 1 unspecified atom stereocenters. The number of benzene rings is 1. The van der Waals surface area contributed by atoms with E-state index in [1.807, 2.05) is 6.92 Å². The Balaban J connectivity index is 1.44. The molecule has 9 heteroatoms. The lowest BCUT2D eigenvalue weighted by molar-refractivity contribution is -0.129. The molecule has 0 bridgehead atoms. The summed E-state index contributed by atoms with van der Waals surface area (Å²) in [7, 11) is 0. The quantitative estimate of drug-likeness (QED) is 0.614. The van der Waals surface area contributed by atoms with Gasteiger partial charge in [0.2, 0.25) is 12.3 Å². The lowest BCUT2D eigenvalue weighted by atomic mass is 9.76. The molecular weight excluding hydrogens is 427 g/mol. The van der Waals surface area contributed by atoms with Gasteiger partial charge in [0.15, 0.2) is 5.82 Å². The molecule has 6 nitrogen and oxygen atoms in total. The first-order valence-corrected chi connectivity index (χ1v) is 11.6. The molecule has 2 aromatic rings. The summed E-state index contributed by atoms with van der Waals surface area (Å²) in [6, 6.07) is 2.70. The summed E-state index contributed by atoms with van der Waals surface area (Å²) in [4.78, 5) is 17.0. The zero-order chi connectivity index (χ0) is 21.3. The molecular formula is C21H26ClFN4O2S. The molecule has 0 spiro atoms. The van der Waals surface area contributed by atoms with Crippen molar-refractivity contribution in [1.29, 1.82) is 0 Å². The Morgan fingerprint density at radius 2 is 2.17 bits per heavy atom. The Kier molecular flexibility index (Phi) is 6.36. The maximum absolute atomic E-state index is 14.9. The van der Waals surface area contributed by atoms with Crippen LogP contribution in [0.5, 0.6) is 0 Å². The highest BCUT2D eigenvalue weighted by Gasteiger charge is 2.43. The predicted molar refractivity (Wildman–Crippen MR) is 114 cm³/mol. The Hall–Kier alpha value is -1.64. The van der Waals surface area contributed by atoms with Gasteiger partial charge in [-0.25, -0.2) is 8.70 Å². The van der Waals surface area contributed by atoms with Crippen LogP contribution in [0.25, 0.3) is 0 Å². The van der Waals surface area contributed by atoms with Crippen LogP contribution in [0.1, 0.15) is 55.6 Å². The molecule has 1 aromatic heterocycles. The highest BCUT2D eigenvalue weighted by Crippen LogP contribution is 2.49. The Morgan fingerprint density at radius 3 is 2.83 bits per heavy atom. The van der Waals surface area contributed by atoms with Crippen LogP contribution < -0.4 is 5.32 Å². The second kappa shape index (κ2) is 8.85. The van der Waals surface area contributed by atoms with E-state index in [1.54, 1.807) is 18.0 Å². The monoisotopic (exact) mass is 452 g/mol. The summed E-state index contributed by atoms with van der Waals surface area (Å²) >= 11 is 8.11. The van der Waals surface area contributed by atoms with Crippen LogP contribution in [0, 0.1) is 24.1 Å². The fourth-order valence-electron chi connectivity index (χ4n) is 4.38. The van der Waals surface area contributed by atoms with Crippen LogP contribution >= 0.6 is 23.5 Å². The average Bonchev–Trinajstić information content (AvgIpc) is 3.35. The van der Waals surface area contributed by atoms with E-state index in [0.29, 0.717) is 35.3 Å². The van der Waals surface area contributed by atoms with E-state index >= 15 is 0 Å². The van der Waals surface area contributed by atoms with Gasteiger partial charge >= 0.3 is 0 Å². The summed E-state index contributed by atoms with van der Waals surface area (Å²) in [6.45, 7) is 5.28. The number of hydrogen-bond acceptors (Lipinski definition) is 6. The SMILES string of the molecule is Cc1ccc(F)c(C(NC(=O)C2CN(SCc3ncon3)C2)C2(C)CCCC2)c1Cl. The molecule has 162 valence electrons. The van der Waals surface area contributed by atoms with E-state index in [1.165, 1.54) is 12.5 Å². The number of carbonyl (C=O) groups excluding carboxylic acids is 1. The maximum atomic E-state index is 14.9. The van der Waals surface area contributed by atoms with Gasteiger partial charge in [-0.1, -0.05) is 54.5 Å². The normalized spacial score (nSPS) is 20.1. The van der Waals surface area contributed by atoms with Crippen LogP contribution in [0.15, 0.2) is 23.0 Å². The van der Waals surface area contributed by atoms with E-state index < -0.39 is 6.04 Å². The van der Waals surface area contributed by atoms with Crippen molar-refractivity contribution in [2.45, 2.75) is 51.3 Å².